The standard InChI is InChI=1S/C7H8N4/c1-4-3-8-10-7-5(2)9-11-6(4)7/h3H,1-2H3,(H,9,11). The van der Waals surface area contributed by atoms with Crippen molar-refractivity contribution in [2.24, 2.45) is 0 Å². The summed E-state index contributed by atoms with van der Waals surface area (Å²) in [7, 11) is 0. The van der Waals surface area contributed by atoms with Crippen LogP contribution in [0.5, 0.6) is 0 Å². The molecule has 0 fully saturated rings. The SMILES string of the molecule is Cc1n[nH]c2c(C)cnnc12. The van der Waals surface area contributed by atoms with Gasteiger partial charge in [0.05, 0.1) is 17.4 Å². The van der Waals surface area contributed by atoms with Gasteiger partial charge in [-0.05, 0) is 19.4 Å². The molecule has 4 heteroatoms. The van der Waals surface area contributed by atoms with E-state index in [1.165, 1.54) is 0 Å². The maximum Gasteiger partial charge on any atom is 0.134 e. The summed E-state index contributed by atoms with van der Waals surface area (Å²) in [4.78, 5) is 0. The van der Waals surface area contributed by atoms with Gasteiger partial charge < -0.3 is 0 Å². The van der Waals surface area contributed by atoms with Gasteiger partial charge in [0, 0.05) is 0 Å². The average molecular weight is 148 g/mol. The van der Waals surface area contributed by atoms with Crippen molar-refractivity contribution in [2.45, 2.75) is 13.8 Å². The normalized spacial score (nSPS) is 10.7. The van der Waals surface area contributed by atoms with Crippen LogP contribution in [0.4, 0.5) is 0 Å². The van der Waals surface area contributed by atoms with Gasteiger partial charge in [-0.2, -0.15) is 10.2 Å². The molecule has 0 aliphatic heterocycles. The van der Waals surface area contributed by atoms with Gasteiger partial charge in [0.15, 0.2) is 0 Å². The maximum absolute atomic E-state index is 4.03. The van der Waals surface area contributed by atoms with Gasteiger partial charge in [-0.25, -0.2) is 0 Å². The first-order valence-corrected chi connectivity index (χ1v) is 3.42. The molecule has 11 heavy (non-hydrogen) atoms. The van der Waals surface area contributed by atoms with Crippen LogP contribution in [0.25, 0.3) is 11.0 Å². The number of H-pyrrole nitrogens is 1. The lowest BCUT2D eigenvalue weighted by Crippen LogP contribution is -1.84. The molecular formula is C7H8N4. The molecule has 0 spiro atoms. The van der Waals surface area contributed by atoms with Gasteiger partial charge in [0.2, 0.25) is 0 Å². The number of nitrogens with one attached hydrogen (secondary N) is 1. The van der Waals surface area contributed by atoms with Crippen LogP contribution in [-0.2, 0) is 0 Å². The second kappa shape index (κ2) is 2.02. The Morgan fingerprint density at radius 3 is 2.91 bits per heavy atom. The van der Waals surface area contributed by atoms with E-state index < -0.39 is 0 Å². The highest BCUT2D eigenvalue weighted by Gasteiger charge is 2.03. The molecule has 4 nitrogen and oxygen atoms in total. The first-order chi connectivity index (χ1) is 5.29. The smallest absolute Gasteiger partial charge is 0.134 e. The van der Waals surface area contributed by atoms with Crippen molar-refractivity contribution in [3.8, 4) is 0 Å². The summed E-state index contributed by atoms with van der Waals surface area (Å²) in [5.41, 5.74) is 3.83. The third kappa shape index (κ3) is 0.790. The fourth-order valence-corrected chi connectivity index (χ4v) is 1.06. The Bertz CT molecular complexity index is 390. The fraction of sp³-hybridized carbons (Fsp3) is 0.286. The molecule has 0 radical (unpaired) electrons. The molecule has 0 aliphatic carbocycles. The van der Waals surface area contributed by atoms with Crippen LogP contribution in [0, 0.1) is 13.8 Å². The van der Waals surface area contributed by atoms with Crippen molar-refractivity contribution < 1.29 is 0 Å². The predicted octanol–water partition coefficient (Wildman–Crippen LogP) is 0.970. The fourth-order valence-electron chi connectivity index (χ4n) is 1.06. The molecule has 2 aromatic rings. The molecule has 0 atom stereocenters. The molecule has 2 aromatic heterocycles. The Kier molecular flexibility index (Phi) is 1.15. The minimum atomic E-state index is 0.866. The summed E-state index contributed by atoms with van der Waals surface area (Å²) in [5.74, 6) is 0. The largest absolute Gasteiger partial charge is 0.276 e. The first kappa shape index (κ1) is 6.27. The minimum Gasteiger partial charge on any atom is -0.276 e. The van der Waals surface area contributed by atoms with Crippen molar-refractivity contribution in [1.29, 1.82) is 0 Å². The van der Waals surface area contributed by atoms with E-state index in [0.717, 1.165) is 22.3 Å². The van der Waals surface area contributed by atoms with Crippen LogP contribution < -0.4 is 0 Å². The molecule has 0 unspecified atom stereocenters. The van der Waals surface area contributed by atoms with Gasteiger partial charge in [0.25, 0.3) is 0 Å². The molecule has 2 heterocycles. The Labute approximate surface area is 63.6 Å². The van der Waals surface area contributed by atoms with Crippen molar-refractivity contribution >= 4 is 11.0 Å². The topological polar surface area (TPSA) is 54.5 Å². The summed E-state index contributed by atoms with van der Waals surface area (Å²) in [6.07, 6.45) is 1.72. The lowest BCUT2D eigenvalue weighted by atomic mass is 10.2. The Balaban J connectivity index is 2.94. The number of aryl methyl sites for hydroxylation is 2. The van der Waals surface area contributed by atoms with Crippen LogP contribution in [0.3, 0.4) is 0 Å². The van der Waals surface area contributed by atoms with Crippen LogP contribution in [-0.4, -0.2) is 20.4 Å². The maximum atomic E-state index is 4.03. The quantitative estimate of drug-likeness (QED) is 0.605. The number of hydrogen-bond donors (Lipinski definition) is 1. The van der Waals surface area contributed by atoms with Crippen LogP contribution in [0.1, 0.15) is 11.3 Å². The molecule has 0 saturated heterocycles. The Morgan fingerprint density at radius 1 is 1.36 bits per heavy atom. The minimum absolute atomic E-state index is 0.866. The van der Waals surface area contributed by atoms with E-state index >= 15 is 0 Å². The second-order valence-electron chi connectivity index (χ2n) is 2.56. The summed E-state index contributed by atoms with van der Waals surface area (Å²) in [6, 6.07) is 0. The average Bonchev–Trinajstić information content (AvgIpc) is 2.35. The highest BCUT2D eigenvalue weighted by Crippen LogP contribution is 2.13. The zero-order valence-electron chi connectivity index (χ0n) is 6.42. The van der Waals surface area contributed by atoms with Crippen molar-refractivity contribution in [3.05, 3.63) is 17.5 Å². The zero-order chi connectivity index (χ0) is 7.84. The van der Waals surface area contributed by atoms with Crippen molar-refractivity contribution in [2.75, 3.05) is 0 Å². The lowest BCUT2D eigenvalue weighted by molar-refractivity contribution is 1.05. The molecule has 56 valence electrons. The number of aromatic nitrogens is 4. The highest BCUT2D eigenvalue weighted by molar-refractivity contribution is 5.78. The Morgan fingerprint density at radius 2 is 2.18 bits per heavy atom. The van der Waals surface area contributed by atoms with E-state index in [1.807, 2.05) is 13.8 Å². The van der Waals surface area contributed by atoms with Gasteiger partial charge in [0.1, 0.15) is 5.52 Å². The predicted molar refractivity (Wildman–Crippen MR) is 41.2 cm³/mol. The number of fused-ring (bicyclic) bond motifs is 1. The molecule has 0 amide bonds. The zero-order valence-corrected chi connectivity index (χ0v) is 6.42. The van der Waals surface area contributed by atoms with Crippen LogP contribution >= 0.6 is 0 Å². The van der Waals surface area contributed by atoms with Crippen LogP contribution in [0.15, 0.2) is 6.20 Å². The molecule has 0 aromatic carbocycles. The summed E-state index contributed by atoms with van der Waals surface area (Å²) >= 11 is 0. The van der Waals surface area contributed by atoms with E-state index in [2.05, 4.69) is 20.4 Å². The number of hydrogen-bond acceptors (Lipinski definition) is 3. The molecular weight excluding hydrogens is 140 g/mol. The van der Waals surface area contributed by atoms with Gasteiger partial charge >= 0.3 is 0 Å². The van der Waals surface area contributed by atoms with E-state index in [4.69, 9.17) is 0 Å². The summed E-state index contributed by atoms with van der Waals surface area (Å²) in [5, 5.41) is 14.7. The number of nitrogens with zero attached hydrogens (tertiary/aromatic N) is 3. The van der Waals surface area contributed by atoms with Crippen LogP contribution in [0.2, 0.25) is 0 Å². The molecule has 0 aliphatic rings. The molecule has 0 saturated carbocycles. The van der Waals surface area contributed by atoms with Gasteiger partial charge in [-0.1, -0.05) is 0 Å². The monoisotopic (exact) mass is 148 g/mol. The van der Waals surface area contributed by atoms with E-state index in [9.17, 15) is 0 Å². The van der Waals surface area contributed by atoms with E-state index in [-0.39, 0.29) is 0 Å². The van der Waals surface area contributed by atoms with Crippen molar-refractivity contribution in [3.63, 3.8) is 0 Å². The first-order valence-electron chi connectivity index (χ1n) is 3.42. The van der Waals surface area contributed by atoms with Crippen molar-refractivity contribution in [1.82, 2.24) is 20.4 Å². The molecule has 1 N–H and O–H groups in total. The van der Waals surface area contributed by atoms with E-state index in [1.54, 1.807) is 6.20 Å². The lowest BCUT2D eigenvalue weighted by Gasteiger charge is -1.90. The Hall–Kier alpha value is -1.45. The highest BCUT2D eigenvalue weighted by atomic mass is 15.2. The number of rotatable bonds is 0. The third-order valence-corrected chi connectivity index (χ3v) is 1.72. The summed E-state index contributed by atoms with van der Waals surface area (Å²) < 4.78 is 0. The van der Waals surface area contributed by atoms with Gasteiger partial charge in [-0.15, -0.1) is 5.10 Å². The van der Waals surface area contributed by atoms with E-state index in [0.29, 0.717) is 0 Å². The number of aromatic amines is 1. The van der Waals surface area contributed by atoms with Gasteiger partial charge in [-0.3, -0.25) is 5.10 Å². The third-order valence-electron chi connectivity index (χ3n) is 1.72. The summed E-state index contributed by atoms with van der Waals surface area (Å²) in [6.45, 7) is 3.89. The molecule has 2 rings (SSSR count). The second-order valence-corrected chi connectivity index (χ2v) is 2.56. The molecule has 0 bridgehead atoms.